The second-order valence-corrected chi connectivity index (χ2v) is 8.21. The standard InChI is InChI=1S/C22H31N3O5/c1-8-25-15(3)18(14(2)19(25)20(27)29-7)17(26)13-24(12-16-10-9-11-30-16)21(28)23-22(4,5)6/h9-11H,8,12-13H2,1-7H3,(H,23,28). The van der Waals surface area contributed by atoms with Gasteiger partial charge in [-0.2, -0.15) is 0 Å². The largest absolute Gasteiger partial charge is 0.467 e. The van der Waals surface area contributed by atoms with Crippen LogP contribution < -0.4 is 5.32 Å². The third kappa shape index (κ3) is 5.11. The fraction of sp³-hybridized carbons (Fsp3) is 0.500. The molecule has 30 heavy (non-hydrogen) atoms. The first-order valence-electron chi connectivity index (χ1n) is 9.90. The van der Waals surface area contributed by atoms with Crippen LogP contribution in [-0.2, 0) is 17.8 Å². The molecule has 0 aromatic carbocycles. The molecule has 2 aromatic heterocycles. The molecule has 0 spiro atoms. The molecule has 0 saturated heterocycles. The summed E-state index contributed by atoms with van der Waals surface area (Å²) in [7, 11) is 1.31. The van der Waals surface area contributed by atoms with Crippen molar-refractivity contribution >= 4 is 17.8 Å². The molecule has 2 amide bonds. The first-order valence-corrected chi connectivity index (χ1v) is 9.90. The van der Waals surface area contributed by atoms with Gasteiger partial charge in [0.1, 0.15) is 11.5 Å². The molecule has 0 unspecified atom stereocenters. The van der Waals surface area contributed by atoms with Crippen molar-refractivity contribution in [1.29, 1.82) is 0 Å². The number of rotatable bonds is 7. The van der Waals surface area contributed by atoms with Crippen molar-refractivity contribution in [2.24, 2.45) is 0 Å². The number of ether oxygens (including phenoxy) is 1. The summed E-state index contributed by atoms with van der Waals surface area (Å²) in [5, 5.41) is 2.89. The van der Waals surface area contributed by atoms with E-state index in [9.17, 15) is 14.4 Å². The molecule has 2 heterocycles. The zero-order valence-electron chi connectivity index (χ0n) is 18.8. The lowest BCUT2D eigenvalue weighted by molar-refractivity contribution is 0.0587. The van der Waals surface area contributed by atoms with Gasteiger partial charge in [-0.05, 0) is 59.2 Å². The number of Topliss-reactive ketones (excluding diaryl/α,β-unsaturated/α-hetero) is 1. The molecule has 0 fully saturated rings. The fourth-order valence-corrected chi connectivity index (χ4v) is 3.50. The van der Waals surface area contributed by atoms with Gasteiger partial charge in [0.2, 0.25) is 0 Å². The van der Waals surface area contributed by atoms with Gasteiger partial charge in [-0.3, -0.25) is 4.79 Å². The topological polar surface area (TPSA) is 93.8 Å². The van der Waals surface area contributed by atoms with Crippen LogP contribution in [0.5, 0.6) is 0 Å². The smallest absolute Gasteiger partial charge is 0.354 e. The lowest BCUT2D eigenvalue weighted by atomic mass is 10.0. The first kappa shape index (κ1) is 23.3. The second kappa shape index (κ2) is 9.19. The highest BCUT2D eigenvalue weighted by atomic mass is 16.5. The first-order chi connectivity index (χ1) is 14.0. The van der Waals surface area contributed by atoms with Gasteiger partial charge >= 0.3 is 12.0 Å². The molecule has 0 aliphatic heterocycles. The van der Waals surface area contributed by atoms with E-state index in [1.54, 1.807) is 30.5 Å². The Labute approximate surface area is 177 Å². The minimum atomic E-state index is -0.491. The molecule has 2 aromatic rings. The van der Waals surface area contributed by atoms with Gasteiger partial charge in [-0.1, -0.05) is 0 Å². The highest BCUT2D eigenvalue weighted by Crippen LogP contribution is 2.24. The molecular weight excluding hydrogens is 386 g/mol. The number of furan rings is 1. The van der Waals surface area contributed by atoms with Crippen LogP contribution in [0.2, 0.25) is 0 Å². The molecule has 0 saturated carbocycles. The number of nitrogens with one attached hydrogen (secondary N) is 1. The van der Waals surface area contributed by atoms with Crippen molar-refractivity contribution in [3.8, 4) is 0 Å². The molecule has 0 atom stereocenters. The Kier molecular flexibility index (Phi) is 7.12. The summed E-state index contributed by atoms with van der Waals surface area (Å²) in [5.41, 5.74) is 1.56. The molecule has 164 valence electrons. The van der Waals surface area contributed by atoms with Crippen LogP contribution in [0.4, 0.5) is 4.79 Å². The van der Waals surface area contributed by atoms with E-state index in [0.29, 0.717) is 34.8 Å². The van der Waals surface area contributed by atoms with Gasteiger partial charge in [-0.15, -0.1) is 0 Å². The van der Waals surface area contributed by atoms with Crippen LogP contribution in [0.25, 0.3) is 0 Å². The number of ketones is 1. The Bertz CT molecular complexity index is 920. The molecule has 0 radical (unpaired) electrons. The van der Waals surface area contributed by atoms with Gasteiger partial charge in [0.15, 0.2) is 5.78 Å². The normalized spacial score (nSPS) is 11.3. The maximum atomic E-state index is 13.3. The van der Waals surface area contributed by atoms with E-state index in [1.165, 1.54) is 18.3 Å². The summed E-state index contributed by atoms with van der Waals surface area (Å²) in [4.78, 5) is 39.8. The maximum absolute atomic E-state index is 13.3. The van der Waals surface area contributed by atoms with E-state index in [-0.39, 0.29) is 24.9 Å². The molecule has 8 heteroatoms. The molecule has 0 bridgehead atoms. The highest BCUT2D eigenvalue weighted by molar-refractivity contribution is 6.04. The van der Waals surface area contributed by atoms with Crippen molar-refractivity contribution < 1.29 is 23.5 Å². The Balaban J connectivity index is 2.38. The molecular formula is C22H31N3O5. The van der Waals surface area contributed by atoms with Crippen LogP contribution >= 0.6 is 0 Å². The predicted molar refractivity (Wildman–Crippen MR) is 113 cm³/mol. The van der Waals surface area contributed by atoms with E-state index in [0.717, 1.165) is 0 Å². The Morgan fingerprint density at radius 1 is 1.23 bits per heavy atom. The Morgan fingerprint density at radius 3 is 2.40 bits per heavy atom. The van der Waals surface area contributed by atoms with Crippen molar-refractivity contribution in [1.82, 2.24) is 14.8 Å². The average molecular weight is 418 g/mol. The van der Waals surface area contributed by atoms with Gasteiger partial charge in [-0.25, -0.2) is 9.59 Å². The molecule has 0 aliphatic rings. The van der Waals surface area contributed by atoms with Gasteiger partial charge < -0.3 is 23.9 Å². The number of amides is 2. The summed E-state index contributed by atoms with van der Waals surface area (Å²) < 4.78 is 12.0. The predicted octanol–water partition coefficient (Wildman–Crippen LogP) is 3.70. The number of nitrogens with zero attached hydrogens (tertiary/aromatic N) is 2. The average Bonchev–Trinajstić information content (AvgIpc) is 3.24. The number of methoxy groups -OCH3 is 1. The maximum Gasteiger partial charge on any atom is 0.354 e. The van der Waals surface area contributed by atoms with E-state index < -0.39 is 11.5 Å². The number of esters is 1. The number of carbonyl (C=O) groups excluding carboxylic acids is 3. The monoisotopic (exact) mass is 417 g/mol. The van der Waals surface area contributed by atoms with Crippen LogP contribution in [0.15, 0.2) is 22.8 Å². The van der Waals surface area contributed by atoms with Crippen molar-refractivity contribution in [3.05, 3.63) is 46.7 Å². The summed E-state index contributed by atoms with van der Waals surface area (Å²) in [6.07, 6.45) is 1.52. The van der Waals surface area contributed by atoms with Gasteiger partial charge in [0.25, 0.3) is 0 Å². The van der Waals surface area contributed by atoms with E-state index in [1.807, 2.05) is 27.7 Å². The quantitative estimate of drug-likeness (QED) is 0.548. The van der Waals surface area contributed by atoms with Crippen molar-refractivity contribution in [2.75, 3.05) is 13.7 Å². The second-order valence-electron chi connectivity index (χ2n) is 8.21. The lowest BCUT2D eigenvalue weighted by Crippen LogP contribution is -2.49. The Hall–Kier alpha value is -3.03. The number of hydrogen-bond acceptors (Lipinski definition) is 5. The van der Waals surface area contributed by atoms with Crippen LogP contribution in [0.3, 0.4) is 0 Å². The van der Waals surface area contributed by atoms with Crippen molar-refractivity contribution in [3.63, 3.8) is 0 Å². The zero-order valence-corrected chi connectivity index (χ0v) is 18.8. The van der Waals surface area contributed by atoms with Gasteiger partial charge in [0.05, 0.1) is 26.5 Å². The van der Waals surface area contributed by atoms with Crippen LogP contribution in [0.1, 0.15) is 65.6 Å². The van der Waals surface area contributed by atoms with E-state index in [2.05, 4.69) is 5.32 Å². The minimum absolute atomic E-state index is 0.150. The lowest BCUT2D eigenvalue weighted by Gasteiger charge is -2.27. The van der Waals surface area contributed by atoms with Crippen LogP contribution in [-0.4, -0.2) is 46.4 Å². The highest BCUT2D eigenvalue weighted by Gasteiger charge is 2.29. The number of urea groups is 1. The zero-order chi connectivity index (χ0) is 22.6. The van der Waals surface area contributed by atoms with E-state index in [4.69, 9.17) is 9.15 Å². The number of hydrogen-bond donors (Lipinski definition) is 1. The number of carbonyl (C=O) groups is 3. The summed E-state index contributed by atoms with van der Waals surface area (Å²) >= 11 is 0. The molecule has 8 nitrogen and oxygen atoms in total. The molecule has 0 aliphatic carbocycles. The number of aromatic nitrogens is 1. The molecule has 2 rings (SSSR count). The van der Waals surface area contributed by atoms with E-state index >= 15 is 0 Å². The Morgan fingerprint density at radius 2 is 1.90 bits per heavy atom. The summed E-state index contributed by atoms with van der Waals surface area (Å²) in [5.74, 6) is -0.172. The summed E-state index contributed by atoms with van der Waals surface area (Å²) in [6.45, 7) is 11.5. The van der Waals surface area contributed by atoms with Crippen LogP contribution in [0, 0.1) is 13.8 Å². The van der Waals surface area contributed by atoms with Crippen molar-refractivity contribution in [2.45, 2.75) is 60.2 Å². The fourth-order valence-electron chi connectivity index (χ4n) is 3.50. The SMILES string of the molecule is CCn1c(C)c(C(=O)CN(Cc2ccco2)C(=O)NC(C)(C)C)c(C)c1C(=O)OC. The summed E-state index contributed by atoms with van der Waals surface area (Å²) in [6, 6.07) is 3.11. The third-order valence-electron chi connectivity index (χ3n) is 4.77. The minimum Gasteiger partial charge on any atom is -0.467 e. The third-order valence-corrected chi connectivity index (χ3v) is 4.77. The molecule has 1 N–H and O–H groups in total. The van der Waals surface area contributed by atoms with Gasteiger partial charge in [0, 0.05) is 23.3 Å².